The summed E-state index contributed by atoms with van der Waals surface area (Å²) in [5, 5.41) is 4.92. The zero-order chi connectivity index (χ0) is 19.3. The molecule has 6 heteroatoms. The van der Waals surface area contributed by atoms with Gasteiger partial charge in [-0.2, -0.15) is 0 Å². The molecule has 0 fully saturated rings. The molecule has 0 saturated carbocycles. The van der Waals surface area contributed by atoms with Gasteiger partial charge in [0.2, 0.25) is 5.56 Å². The number of pyridine rings is 2. The lowest BCUT2D eigenvalue weighted by molar-refractivity contribution is 0.306. The monoisotopic (exact) mass is 391 g/mol. The third kappa shape index (κ3) is 4.50. The van der Waals surface area contributed by atoms with Gasteiger partial charge in [0, 0.05) is 40.3 Å². The minimum absolute atomic E-state index is 0.115. The average molecular weight is 392 g/mol. The number of benzene rings is 2. The molecular weight excluding hydrogens is 374 g/mol. The fourth-order valence-electron chi connectivity index (χ4n) is 2.84. The molecular formula is C22H18ClN3O2. The Morgan fingerprint density at radius 1 is 1.00 bits per heavy atom. The Morgan fingerprint density at radius 2 is 1.93 bits per heavy atom. The Morgan fingerprint density at radius 3 is 2.75 bits per heavy atom. The van der Waals surface area contributed by atoms with Gasteiger partial charge >= 0.3 is 0 Å². The van der Waals surface area contributed by atoms with Crippen LogP contribution < -0.4 is 15.6 Å². The molecule has 0 saturated heterocycles. The molecule has 0 radical (unpaired) electrons. The van der Waals surface area contributed by atoms with E-state index in [0.29, 0.717) is 13.2 Å². The minimum atomic E-state index is -0.115. The number of anilines is 1. The highest BCUT2D eigenvalue weighted by molar-refractivity contribution is 6.30. The van der Waals surface area contributed by atoms with E-state index < -0.39 is 0 Å². The van der Waals surface area contributed by atoms with Crippen molar-refractivity contribution in [2.24, 2.45) is 0 Å². The Labute approximate surface area is 167 Å². The van der Waals surface area contributed by atoms with E-state index in [1.54, 1.807) is 12.3 Å². The summed E-state index contributed by atoms with van der Waals surface area (Å²) in [7, 11) is 0. The van der Waals surface area contributed by atoms with Crippen LogP contribution in [-0.4, -0.2) is 9.97 Å². The van der Waals surface area contributed by atoms with Crippen LogP contribution in [-0.2, 0) is 13.2 Å². The quantitative estimate of drug-likeness (QED) is 0.497. The van der Waals surface area contributed by atoms with Crippen LogP contribution in [0.4, 0.5) is 5.82 Å². The van der Waals surface area contributed by atoms with Gasteiger partial charge in [-0.05, 0) is 48.0 Å². The normalized spacial score (nSPS) is 10.8. The van der Waals surface area contributed by atoms with Gasteiger partial charge in [0.1, 0.15) is 18.2 Å². The predicted octanol–water partition coefficient (Wildman–Crippen LogP) is 4.77. The highest BCUT2D eigenvalue weighted by atomic mass is 35.5. The van der Waals surface area contributed by atoms with Crippen LogP contribution in [0.3, 0.4) is 0 Å². The molecule has 0 bridgehead atoms. The first kappa shape index (κ1) is 18.1. The second-order valence-corrected chi connectivity index (χ2v) is 6.83. The summed E-state index contributed by atoms with van der Waals surface area (Å²) in [6.45, 7) is 1.07. The molecule has 4 aromatic rings. The molecule has 0 aliphatic carbocycles. The van der Waals surface area contributed by atoms with E-state index in [0.717, 1.165) is 38.6 Å². The summed E-state index contributed by atoms with van der Waals surface area (Å²) in [5.41, 5.74) is 2.74. The molecule has 5 nitrogen and oxygen atoms in total. The number of fused-ring (bicyclic) bond motifs is 1. The molecule has 4 rings (SSSR count). The minimum Gasteiger partial charge on any atom is -0.489 e. The predicted molar refractivity (Wildman–Crippen MR) is 112 cm³/mol. The van der Waals surface area contributed by atoms with E-state index in [4.69, 9.17) is 16.3 Å². The number of nitrogens with zero attached hydrogens (tertiary/aromatic N) is 1. The second kappa shape index (κ2) is 8.15. The standard InChI is InChI=1S/C22H18ClN3O2/c23-18-3-1-2-15(10-18)12-24-21-8-4-16(13-25-21)14-28-19-6-7-20-17(11-19)5-9-22(27)26-20/h1-11,13H,12,14H2,(H,24,25)(H,26,27). The lowest BCUT2D eigenvalue weighted by Gasteiger charge is -2.09. The third-order valence-corrected chi connectivity index (χ3v) is 4.52. The first-order chi connectivity index (χ1) is 13.7. The molecule has 0 amide bonds. The largest absolute Gasteiger partial charge is 0.489 e. The van der Waals surface area contributed by atoms with Crippen molar-refractivity contribution in [1.29, 1.82) is 0 Å². The molecule has 0 aliphatic heterocycles. The summed E-state index contributed by atoms with van der Waals surface area (Å²) in [6, 6.07) is 20.5. The number of H-pyrrole nitrogens is 1. The first-order valence-corrected chi connectivity index (χ1v) is 9.23. The number of aromatic amines is 1. The molecule has 0 atom stereocenters. The summed E-state index contributed by atoms with van der Waals surface area (Å²) < 4.78 is 5.85. The molecule has 2 aromatic carbocycles. The average Bonchev–Trinajstić information content (AvgIpc) is 2.71. The number of hydrogen-bond acceptors (Lipinski definition) is 4. The first-order valence-electron chi connectivity index (χ1n) is 8.85. The van der Waals surface area contributed by atoms with Crippen molar-refractivity contribution in [2.75, 3.05) is 5.32 Å². The van der Waals surface area contributed by atoms with Crippen LogP contribution in [0, 0.1) is 0 Å². The second-order valence-electron chi connectivity index (χ2n) is 6.40. The molecule has 2 heterocycles. The fourth-order valence-corrected chi connectivity index (χ4v) is 3.06. The molecule has 0 unspecified atom stereocenters. The SMILES string of the molecule is O=c1ccc2cc(OCc3ccc(NCc4cccc(Cl)c4)nc3)ccc2[nH]1. The Hall–Kier alpha value is -3.31. The Kier molecular flexibility index (Phi) is 5.26. The van der Waals surface area contributed by atoms with Gasteiger partial charge in [-0.25, -0.2) is 4.98 Å². The van der Waals surface area contributed by atoms with Gasteiger partial charge in [-0.15, -0.1) is 0 Å². The molecule has 2 aromatic heterocycles. The number of halogens is 1. The number of rotatable bonds is 6. The van der Waals surface area contributed by atoms with Crippen LogP contribution >= 0.6 is 11.6 Å². The maximum Gasteiger partial charge on any atom is 0.248 e. The topological polar surface area (TPSA) is 67.0 Å². The van der Waals surface area contributed by atoms with Crippen LogP contribution in [0.2, 0.25) is 5.02 Å². The lowest BCUT2D eigenvalue weighted by atomic mass is 10.2. The van der Waals surface area contributed by atoms with Gasteiger partial charge in [-0.3, -0.25) is 4.79 Å². The smallest absolute Gasteiger partial charge is 0.248 e. The number of aromatic nitrogens is 2. The molecule has 0 aliphatic rings. The molecule has 140 valence electrons. The van der Waals surface area contributed by atoms with E-state index in [9.17, 15) is 4.79 Å². The van der Waals surface area contributed by atoms with Gasteiger partial charge < -0.3 is 15.0 Å². The summed E-state index contributed by atoms with van der Waals surface area (Å²) in [5.74, 6) is 1.53. The van der Waals surface area contributed by atoms with Crippen LogP contribution in [0.1, 0.15) is 11.1 Å². The number of nitrogens with one attached hydrogen (secondary N) is 2. The maximum absolute atomic E-state index is 11.3. The van der Waals surface area contributed by atoms with Crippen molar-refractivity contribution in [2.45, 2.75) is 13.2 Å². The van der Waals surface area contributed by atoms with Crippen LogP contribution in [0.5, 0.6) is 5.75 Å². The van der Waals surface area contributed by atoms with Gasteiger partial charge in [0.05, 0.1) is 0 Å². The van der Waals surface area contributed by atoms with Crippen molar-refractivity contribution in [3.8, 4) is 5.75 Å². The Bertz CT molecular complexity index is 1160. The van der Waals surface area contributed by atoms with Gasteiger partial charge in [0.15, 0.2) is 0 Å². The maximum atomic E-state index is 11.3. The zero-order valence-corrected chi connectivity index (χ0v) is 15.7. The third-order valence-electron chi connectivity index (χ3n) is 4.29. The van der Waals surface area contributed by atoms with Gasteiger partial charge in [-0.1, -0.05) is 29.8 Å². The van der Waals surface area contributed by atoms with Crippen molar-refractivity contribution in [1.82, 2.24) is 9.97 Å². The molecule has 28 heavy (non-hydrogen) atoms. The number of hydrogen-bond donors (Lipinski definition) is 2. The van der Waals surface area contributed by atoms with Crippen LogP contribution in [0.15, 0.2) is 77.7 Å². The lowest BCUT2D eigenvalue weighted by Crippen LogP contribution is -2.03. The van der Waals surface area contributed by atoms with E-state index >= 15 is 0 Å². The summed E-state index contributed by atoms with van der Waals surface area (Å²) in [4.78, 5) is 18.6. The zero-order valence-electron chi connectivity index (χ0n) is 15.0. The van der Waals surface area contributed by atoms with Crippen molar-refractivity contribution in [3.63, 3.8) is 0 Å². The van der Waals surface area contributed by atoms with Crippen LogP contribution in [0.25, 0.3) is 10.9 Å². The van der Waals surface area contributed by atoms with Crippen molar-refractivity contribution < 1.29 is 4.74 Å². The van der Waals surface area contributed by atoms with E-state index in [1.165, 1.54) is 6.07 Å². The molecule has 0 spiro atoms. The highest BCUT2D eigenvalue weighted by Crippen LogP contribution is 2.19. The summed E-state index contributed by atoms with van der Waals surface area (Å²) >= 11 is 6.00. The van der Waals surface area contributed by atoms with Crippen molar-refractivity contribution in [3.05, 3.63) is 99.4 Å². The van der Waals surface area contributed by atoms with Gasteiger partial charge in [0.25, 0.3) is 0 Å². The van der Waals surface area contributed by atoms with E-state index in [-0.39, 0.29) is 5.56 Å². The number of ether oxygens (including phenoxy) is 1. The van der Waals surface area contributed by atoms with E-state index in [1.807, 2.05) is 54.6 Å². The summed E-state index contributed by atoms with van der Waals surface area (Å²) in [6.07, 6.45) is 1.79. The fraction of sp³-hybridized carbons (Fsp3) is 0.0909. The Balaban J connectivity index is 1.35. The van der Waals surface area contributed by atoms with E-state index in [2.05, 4.69) is 15.3 Å². The molecule has 2 N–H and O–H groups in total. The van der Waals surface area contributed by atoms with Crippen molar-refractivity contribution >= 4 is 28.3 Å². The highest BCUT2D eigenvalue weighted by Gasteiger charge is 2.01.